The third-order valence-electron chi connectivity index (χ3n) is 4.10. The molecule has 0 aliphatic heterocycles. The van der Waals surface area contributed by atoms with Crippen LogP contribution in [0.2, 0.25) is 0 Å². The molecule has 0 aromatic carbocycles. The molecule has 0 saturated heterocycles. The highest BCUT2D eigenvalue weighted by Gasteiger charge is 2.33. The van der Waals surface area contributed by atoms with E-state index in [1.807, 2.05) is 0 Å². The highest BCUT2D eigenvalue weighted by molar-refractivity contribution is 6.39. The summed E-state index contributed by atoms with van der Waals surface area (Å²) in [5.74, 6) is -0.0357. The van der Waals surface area contributed by atoms with Gasteiger partial charge in [-0.1, -0.05) is 0 Å². The van der Waals surface area contributed by atoms with E-state index < -0.39 is 11.8 Å². The molecule has 0 atom stereocenters. The van der Waals surface area contributed by atoms with Crippen LogP contribution in [0.15, 0.2) is 12.3 Å². The first-order chi connectivity index (χ1) is 10.6. The second-order valence-electron chi connectivity index (χ2n) is 6.25. The van der Waals surface area contributed by atoms with Crippen LogP contribution in [0.5, 0.6) is 0 Å². The number of nitrogens with zero attached hydrogens (tertiary/aromatic N) is 3. The summed E-state index contributed by atoms with van der Waals surface area (Å²) in [7, 11) is 1.75. The second kappa shape index (κ2) is 6.48. The SMILES string of the molecule is Cn1ccc(NC(=O)C(=O)NCCN(CC2CC2)C2CC2)n1. The predicted octanol–water partition coefficient (Wildman–Crippen LogP) is 0.349. The van der Waals surface area contributed by atoms with Crippen LogP contribution in [0.1, 0.15) is 25.7 Å². The van der Waals surface area contributed by atoms with Crippen molar-refractivity contribution in [2.45, 2.75) is 31.7 Å². The van der Waals surface area contributed by atoms with Gasteiger partial charge in [-0.2, -0.15) is 5.10 Å². The molecule has 3 rings (SSSR count). The lowest BCUT2D eigenvalue weighted by Crippen LogP contribution is -2.41. The zero-order valence-corrected chi connectivity index (χ0v) is 12.9. The van der Waals surface area contributed by atoms with Gasteiger partial charge in [0.25, 0.3) is 0 Å². The van der Waals surface area contributed by atoms with E-state index in [0.717, 1.165) is 19.0 Å². The number of hydrogen-bond donors (Lipinski definition) is 2. The molecule has 120 valence electrons. The fourth-order valence-corrected chi connectivity index (χ4v) is 2.54. The summed E-state index contributed by atoms with van der Waals surface area (Å²) in [6, 6.07) is 2.34. The summed E-state index contributed by atoms with van der Waals surface area (Å²) >= 11 is 0. The fraction of sp³-hybridized carbons (Fsp3) is 0.667. The van der Waals surface area contributed by atoms with Crippen molar-refractivity contribution >= 4 is 17.6 Å². The van der Waals surface area contributed by atoms with E-state index in [2.05, 4.69) is 20.6 Å². The summed E-state index contributed by atoms with van der Waals surface area (Å²) in [6.45, 7) is 2.47. The zero-order valence-electron chi connectivity index (χ0n) is 12.9. The van der Waals surface area contributed by atoms with Gasteiger partial charge in [0.1, 0.15) is 0 Å². The van der Waals surface area contributed by atoms with Gasteiger partial charge in [-0.15, -0.1) is 0 Å². The molecule has 2 amide bonds. The Morgan fingerprint density at radius 3 is 2.68 bits per heavy atom. The minimum Gasteiger partial charge on any atom is -0.347 e. The van der Waals surface area contributed by atoms with E-state index in [1.165, 1.54) is 25.7 Å². The van der Waals surface area contributed by atoms with Crippen molar-refractivity contribution in [3.8, 4) is 0 Å². The van der Waals surface area contributed by atoms with Crippen molar-refractivity contribution in [2.24, 2.45) is 13.0 Å². The van der Waals surface area contributed by atoms with Crippen LogP contribution in [-0.4, -0.2) is 52.2 Å². The van der Waals surface area contributed by atoms with E-state index in [4.69, 9.17) is 0 Å². The molecule has 2 aliphatic carbocycles. The number of anilines is 1. The first-order valence-corrected chi connectivity index (χ1v) is 7.94. The molecule has 1 heterocycles. The van der Waals surface area contributed by atoms with Crippen molar-refractivity contribution in [2.75, 3.05) is 25.0 Å². The van der Waals surface area contributed by atoms with Gasteiger partial charge in [-0.25, -0.2) is 0 Å². The molecule has 7 heteroatoms. The third-order valence-corrected chi connectivity index (χ3v) is 4.10. The molecule has 2 fully saturated rings. The minimum absolute atomic E-state index is 0.385. The average Bonchev–Trinajstić information content (AvgIpc) is 3.38. The number of rotatable bonds is 7. The van der Waals surface area contributed by atoms with Crippen LogP contribution in [0, 0.1) is 5.92 Å². The number of carbonyl (C=O) groups is 2. The molecule has 22 heavy (non-hydrogen) atoms. The molecule has 0 spiro atoms. The van der Waals surface area contributed by atoms with E-state index in [9.17, 15) is 9.59 Å². The Labute approximate surface area is 130 Å². The fourth-order valence-electron chi connectivity index (χ4n) is 2.54. The molecule has 2 saturated carbocycles. The summed E-state index contributed by atoms with van der Waals surface area (Å²) in [6.07, 6.45) is 6.91. The maximum Gasteiger partial charge on any atom is 0.314 e. The van der Waals surface area contributed by atoms with Crippen molar-refractivity contribution < 1.29 is 9.59 Å². The maximum atomic E-state index is 11.8. The van der Waals surface area contributed by atoms with E-state index in [0.29, 0.717) is 18.4 Å². The summed E-state index contributed by atoms with van der Waals surface area (Å²) < 4.78 is 1.57. The second-order valence-corrected chi connectivity index (χ2v) is 6.25. The lowest BCUT2D eigenvalue weighted by molar-refractivity contribution is -0.136. The Balaban J connectivity index is 1.38. The predicted molar refractivity (Wildman–Crippen MR) is 82.2 cm³/mol. The van der Waals surface area contributed by atoms with E-state index in [1.54, 1.807) is 24.0 Å². The van der Waals surface area contributed by atoms with Gasteiger partial charge in [-0.3, -0.25) is 19.2 Å². The van der Waals surface area contributed by atoms with Crippen LogP contribution < -0.4 is 10.6 Å². The van der Waals surface area contributed by atoms with Crippen LogP contribution in [-0.2, 0) is 16.6 Å². The van der Waals surface area contributed by atoms with E-state index in [-0.39, 0.29) is 0 Å². The quantitative estimate of drug-likeness (QED) is 0.713. The molecule has 2 N–H and O–H groups in total. The van der Waals surface area contributed by atoms with Crippen LogP contribution in [0.3, 0.4) is 0 Å². The standard InChI is InChI=1S/C15H23N5O2/c1-19-8-6-13(18-19)17-15(22)14(21)16-7-9-20(12-4-5-12)10-11-2-3-11/h6,8,11-12H,2-5,7,9-10H2,1H3,(H,16,21)(H,17,18,22). The van der Waals surface area contributed by atoms with Crippen LogP contribution in [0.4, 0.5) is 5.82 Å². The molecule has 1 aromatic rings. The minimum atomic E-state index is -0.668. The van der Waals surface area contributed by atoms with Gasteiger partial charge in [0, 0.05) is 45.0 Å². The maximum absolute atomic E-state index is 11.8. The highest BCUT2D eigenvalue weighted by Crippen LogP contribution is 2.34. The highest BCUT2D eigenvalue weighted by atomic mass is 16.2. The average molecular weight is 305 g/mol. The summed E-state index contributed by atoms with van der Waals surface area (Å²) in [5.41, 5.74) is 0. The molecule has 7 nitrogen and oxygen atoms in total. The molecule has 2 aliphatic rings. The normalized spacial score (nSPS) is 17.5. The van der Waals surface area contributed by atoms with Gasteiger partial charge in [0.15, 0.2) is 5.82 Å². The Kier molecular flexibility index (Phi) is 4.42. The molecule has 0 bridgehead atoms. The van der Waals surface area contributed by atoms with Crippen LogP contribution >= 0.6 is 0 Å². The molecular formula is C15H23N5O2. The Morgan fingerprint density at radius 1 is 1.32 bits per heavy atom. The lowest BCUT2D eigenvalue weighted by atomic mass is 10.3. The van der Waals surface area contributed by atoms with Crippen LogP contribution in [0.25, 0.3) is 0 Å². The van der Waals surface area contributed by atoms with Gasteiger partial charge < -0.3 is 10.6 Å². The third kappa shape index (κ3) is 4.30. The lowest BCUT2D eigenvalue weighted by Gasteiger charge is -2.21. The van der Waals surface area contributed by atoms with Crippen molar-refractivity contribution in [1.29, 1.82) is 0 Å². The van der Waals surface area contributed by atoms with Gasteiger partial charge >= 0.3 is 11.8 Å². The summed E-state index contributed by atoms with van der Waals surface area (Å²) in [5, 5.41) is 9.18. The summed E-state index contributed by atoms with van der Waals surface area (Å²) in [4.78, 5) is 26.0. The molecule has 1 aromatic heterocycles. The number of hydrogen-bond acceptors (Lipinski definition) is 4. The monoisotopic (exact) mass is 305 g/mol. The first kappa shape index (κ1) is 15.0. The number of aromatic nitrogens is 2. The van der Waals surface area contributed by atoms with Gasteiger partial charge in [0.05, 0.1) is 0 Å². The topological polar surface area (TPSA) is 79.3 Å². The van der Waals surface area contributed by atoms with Gasteiger partial charge in [0.2, 0.25) is 0 Å². The van der Waals surface area contributed by atoms with E-state index >= 15 is 0 Å². The van der Waals surface area contributed by atoms with Crippen molar-refractivity contribution in [3.05, 3.63) is 12.3 Å². The number of amides is 2. The number of aryl methyl sites for hydroxylation is 1. The van der Waals surface area contributed by atoms with Crippen molar-refractivity contribution in [1.82, 2.24) is 20.0 Å². The number of nitrogens with one attached hydrogen (secondary N) is 2. The number of carbonyl (C=O) groups excluding carboxylic acids is 2. The first-order valence-electron chi connectivity index (χ1n) is 7.94. The Morgan fingerprint density at radius 2 is 2.09 bits per heavy atom. The van der Waals surface area contributed by atoms with Gasteiger partial charge in [-0.05, 0) is 31.6 Å². The zero-order chi connectivity index (χ0) is 15.5. The molecule has 0 unspecified atom stereocenters. The Bertz CT molecular complexity index is 548. The molecular weight excluding hydrogens is 282 g/mol. The molecule has 0 radical (unpaired) electrons. The van der Waals surface area contributed by atoms with Crippen molar-refractivity contribution in [3.63, 3.8) is 0 Å². The largest absolute Gasteiger partial charge is 0.347 e. The smallest absolute Gasteiger partial charge is 0.314 e. The Hall–Kier alpha value is -1.89.